The second kappa shape index (κ2) is 9.75. The van der Waals surface area contributed by atoms with E-state index in [9.17, 15) is 8.42 Å². The summed E-state index contributed by atoms with van der Waals surface area (Å²) in [7, 11) is -3.60. The van der Waals surface area contributed by atoms with E-state index in [1.54, 1.807) is 35.4 Å². The molecule has 6 nitrogen and oxygen atoms in total. The Morgan fingerprint density at radius 1 is 0.788 bits per heavy atom. The van der Waals surface area contributed by atoms with E-state index in [0.717, 1.165) is 11.1 Å². The van der Waals surface area contributed by atoms with E-state index in [-0.39, 0.29) is 23.1 Å². The highest BCUT2D eigenvalue weighted by Gasteiger charge is 2.53. The van der Waals surface area contributed by atoms with Crippen LogP contribution in [0.1, 0.15) is 17.5 Å². The predicted octanol–water partition coefficient (Wildman–Crippen LogP) is 3.98. The van der Waals surface area contributed by atoms with Crippen LogP contribution in [-0.2, 0) is 37.4 Å². The Morgan fingerprint density at radius 2 is 1.33 bits per heavy atom. The quantitative estimate of drug-likeness (QED) is 0.502. The highest BCUT2D eigenvalue weighted by atomic mass is 32.2. The molecule has 0 aliphatic carbocycles. The second-order valence-electron chi connectivity index (χ2n) is 8.39. The van der Waals surface area contributed by atoms with Crippen LogP contribution in [0.25, 0.3) is 0 Å². The molecule has 0 N–H and O–H groups in total. The number of sulfone groups is 1. The van der Waals surface area contributed by atoms with Crippen LogP contribution in [0.15, 0.2) is 95.9 Å². The molecule has 0 spiro atoms. The Labute approximate surface area is 194 Å². The molecule has 2 heterocycles. The lowest BCUT2D eigenvalue weighted by Crippen LogP contribution is -2.36. The van der Waals surface area contributed by atoms with Gasteiger partial charge >= 0.3 is 0 Å². The number of fused-ring (bicyclic) bond motifs is 1. The van der Waals surface area contributed by atoms with Crippen LogP contribution < -0.4 is 0 Å². The third-order valence-corrected chi connectivity index (χ3v) is 8.07. The lowest BCUT2D eigenvalue weighted by Gasteiger charge is -2.24. The molecule has 172 valence electrons. The van der Waals surface area contributed by atoms with Crippen LogP contribution in [0.3, 0.4) is 0 Å². The Hall–Kier alpha value is -2.55. The zero-order valence-corrected chi connectivity index (χ0v) is 19.0. The van der Waals surface area contributed by atoms with Crippen molar-refractivity contribution in [1.82, 2.24) is 5.06 Å². The molecular weight excluding hydrogens is 438 g/mol. The van der Waals surface area contributed by atoms with Gasteiger partial charge in [-0.25, -0.2) is 8.42 Å². The number of rotatable bonds is 8. The van der Waals surface area contributed by atoms with E-state index < -0.39 is 15.3 Å². The van der Waals surface area contributed by atoms with Crippen molar-refractivity contribution in [1.29, 1.82) is 0 Å². The van der Waals surface area contributed by atoms with Crippen molar-refractivity contribution in [3.05, 3.63) is 102 Å². The second-order valence-corrected chi connectivity index (χ2v) is 10.5. The van der Waals surface area contributed by atoms with E-state index in [1.165, 1.54) is 0 Å². The normalized spacial score (nSPS) is 25.2. The summed E-state index contributed by atoms with van der Waals surface area (Å²) >= 11 is 0. The van der Waals surface area contributed by atoms with Gasteiger partial charge in [-0.2, -0.15) is 5.06 Å². The van der Waals surface area contributed by atoms with Crippen molar-refractivity contribution in [2.75, 3.05) is 6.54 Å². The molecule has 2 aliphatic rings. The van der Waals surface area contributed by atoms with Gasteiger partial charge in [-0.1, -0.05) is 78.9 Å². The summed E-state index contributed by atoms with van der Waals surface area (Å²) in [6.07, 6.45) is -0.189. The SMILES string of the molecule is O=S(=O)(c1ccccc1)[C@H]1C[C@H]2[C@H](OCc3ccccc3)[C@@H](OCc3ccccc3)CN2O1. The molecule has 7 heteroatoms. The van der Waals surface area contributed by atoms with Crippen molar-refractivity contribution in [3.8, 4) is 0 Å². The van der Waals surface area contributed by atoms with Crippen molar-refractivity contribution in [3.63, 3.8) is 0 Å². The van der Waals surface area contributed by atoms with Gasteiger partial charge in [0.1, 0.15) is 12.2 Å². The molecule has 0 bridgehead atoms. The monoisotopic (exact) mass is 465 g/mol. The molecule has 0 unspecified atom stereocenters. The summed E-state index contributed by atoms with van der Waals surface area (Å²) in [5, 5.41) is 1.75. The van der Waals surface area contributed by atoms with Gasteiger partial charge in [0.2, 0.25) is 9.84 Å². The zero-order chi connectivity index (χ0) is 22.7. The maximum absolute atomic E-state index is 13.1. The fourth-order valence-corrected chi connectivity index (χ4v) is 5.96. The Bertz CT molecular complexity index is 1140. The van der Waals surface area contributed by atoms with Gasteiger partial charge in [0.05, 0.1) is 30.7 Å². The lowest BCUT2D eigenvalue weighted by molar-refractivity contribution is -0.136. The average Bonchev–Trinajstić information content (AvgIpc) is 3.42. The van der Waals surface area contributed by atoms with Gasteiger partial charge in [-0.05, 0) is 23.3 Å². The van der Waals surface area contributed by atoms with Crippen molar-refractivity contribution < 1.29 is 22.7 Å². The lowest BCUT2D eigenvalue weighted by atomic mass is 10.1. The third-order valence-electron chi connectivity index (χ3n) is 6.17. The van der Waals surface area contributed by atoms with E-state index in [2.05, 4.69) is 0 Å². The summed E-state index contributed by atoms with van der Waals surface area (Å²) in [6.45, 7) is 1.35. The molecule has 2 fully saturated rings. The number of hydrogen-bond acceptors (Lipinski definition) is 6. The van der Waals surface area contributed by atoms with Crippen LogP contribution in [0.4, 0.5) is 0 Å². The highest BCUT2D eigenvalue weighted by Crippen LogP contribution is 2.38. The Kier molecular flexibility index (Phi) is 6.57. The molecule has 2 saturated heterocycles. The summed E-state index contributed by atoms with van der Waals surface area (Å²) in [4.78, 5) is 6.23. The maximum Gasteiger partial charge on any atom is 0.207 e. The Balaban J connectivity index is 1.31. The number of hydrogen-bond donors (Lipinski definition) is 0. The summed E-state index contributed by atoms with van der Waals surface area (Å²) in [5.41, 5.74) is 1.21. The van der Waals surface area contributed by atoms with Crippen LogP contribution in [-0.4, -0.2) is 43.7 Å². The first kappa shape index (κ1) is 22.3. The summed E-state index contributed by atoms with van der Waals surface area (Å²) < 4.78 is 38.8. The smallest absolute Gasteiger partial charge is 0.207 e. The zero-order valence-electron chi connectivity index (χ0n) is 18.2. The van der Waals surface area contributed by atoms with Gasteiger partial charge in [-0.15, -0.1) is 0 Å². The molecule has 0 aromatic heterocycles. The van der Waals surface area contributed by atoms with E-state index in [0.29, 0.717) is 26.2 Å². The minimum atomic E-state index is -3.60. The molecule has 33 heavy (non-hydrogen) atoms. The largest absolute Gasteiger partial charge is 0.369 e. The number of hydroxylamine groups is 2. The first-order valence-electron chi connectivity index (χ1n) is 11.1. The molecule has 0 amide bonds. The van der Waals surface area contributed by atoms with E-state index >= 15 is 0 Å². The van der Waals surface area contributed by atoms with Crippen molar-refractivity contribution >= 4 is 9.84 Å². The Morgan fingerprint density at radius 3 is 1.94 bits per heavy atom. The van der Waals surface area contributed by atoms with Gasteiger partial charge in [0.25, 0.3) is 0 Å². The standard InChI is InChI=1S/C26H27NO5S/c28-33(29,22-14-8-3-9-15-22)25-16-23-26(31-19-21-12-6-2-7-13-21)24(17-27(23)32-25)30-18-20-10-4-1-5-11-20/h1-15,23-26H,16-19H2/t23-,24-,25-,26-/m0/s1. The predicted molar refractivity (Wildman–Crippen MR) is 124 cm³/mol. The fourth-order valence-electron chi connectivity index (χ4n) is 4.45. The van der Waals surface area contributed by atoms with Crippen LogP contribution in [0.5, 0.6) is 0 Å². The van der Waals surface area contributed by atoms with Crippen LogP contribution in [0, 0.1) is 0 Å². The number of nitrogens with zero attached hydrogens (tertiary/aromatic N) is 1. The molecule has 0 saturated carbocycles. The van der Waals surface area contributed by atoms with Gasteiger partial charge < -0.3 is 9.47 Å². The van der Waals surface area contributed by atoms with Crippen LogP contribution in [0.2, 0.25) is 0 Å². The molecule has 3 aromatic carbocycles. The van der Waals surface area contributed by atoms with Crippen LogP contribution >= 0.6 is 0 Å². The van der Waals surface area contributed by atoms with Gasteiger partial charge in [0.15, 0.2) is 5.44 Å². The number of benzene rings is 3. The summed E-state index contributed by atoms with van der Waals surface area (Å²) in [6, 6.07) is 28.2. The molecule has 2 aliphatic heterocycles. The van der Waals surface area contributed by atoms with Crippen molar-refractivity contribution in [2.45, 2.75) is 48.2 Å². The van der Waals surface area contributed by atoms with Gasteiger partial charge in [0, 0.05) is 6.42 Å². The topological polar surface area (TPSA) is 65.1 Å². The molecular formula is C26H27NO5S. The minimum Gasteiger partial charge on any atom is -0.369 e. The van der Waals surface area contributed by atoms with E-state index in [4.69, 9.17) is 14.3 Å². The number of ether oxygens (including phenoxy) is 2. The third kappa shape index (κ3) is 4.88. The van der Waals surface area contributed by atoms with Gasteiger partial charge in [-0.3, -0.25) is 4.84 Å². The summed E-state index contributed by atoms with van der Waals surface area (Å²) in [5.74, 6) is 0. The highest BCUT2D eigenvalue weighted by molar-refractivity contribution is 7.92. The van der Waals surface area contributed by atoms with Crippen molar-refractivity contribution in [2.24, 2.45) is 0 Å². The molecule has 0 radical (unpaired) electrons. The maximum atomic E-state index is 13.1. The first-order chi connectivity index (χ1) is 16.1. The van der Waals surface area contributed by atoms with E-state index in [1.807, 2.05) is 60.7 Å². The average molecular weight is 466 g/mol. The molecule has 5 rings (SSSR count). The molecule has 4 atom stereocenters. The molecule has 3 aromatic rings. The minimum absolute atomic E-state index is 0.196. The first-order valence-corrected chi connectivity index (χ1v) is 12.7. The fraction of sp³-hybridized carbons (Fsp3) is 0.308.